The molecule has 0 heterocycles. The highest BCUT2D eigenvalue weighted by molar-refractivity contribution is 7.92. The van der Waals surface area contributed by atoms with Gasteiger partial charge in [0.25, 0.3) is 15.9 Å². The number of hydrogen-bond donors (Lipinski definition) is 1. The number of para-hydroxylation sites is 3. The maximum Gasteiger partial charge on any atom is 0.262 e. The Morgan fingerprint density at radius 2 is 1.61 bits per heavy atom. The molecule has 0 spiro atoms. The van der Waals surface area contributed by atoms with Crippen LogP contribution in [0, 0.1) is 0 Å². The highest BCUT2D eigenvalue weighted by Crippen LogP contribution is 2.26. The number of nitrogens with one attached hydrogen (secondary N) is 1. The van der Waals surface area contributed by atoms with Crippen molar-refractivity contribution in [2.75, 3.05) is 23.8 Å². The number of rotatable bonds is 6. The Kier molecular flexibility index (Phi) is 5.65. The van der Waals surface area contributed by atoms with Crippen LogP contribution in [0.2, 0.25) is 0 Å². The van der Waals surface area contributed by atoms with E-state index >= 15 is 0 Å². The number of methoxy groups -OCH3 is 1. The van der Waals surface area contributed by atoms with Crippen LogP contribution in [0.5, 0.6) is 5.75 Å². The van der Waals surface area contributed by atoms with Crippen LogP contribution in [0.25, 0.3) is 0 Å². The lowest BCUT2D eigenvalue weighted by molar-refractivity contribution is 0.0993. The second kappa shape index (κ2) is 8.14. The second-order valence-corrected chi connectivity index (χ2v) is 7.72. The summed E-state index contributed by atoms with van der Waals surface area (Å²) in [6, 6.07) is 21.8. The lowest BCUT2D eigenvalue weighted by atomic mass is 10.2. The fraction of sp³-hybridized carbons (Fsp3) is 0.0952. The zero-order valence-corrected chi connectivity index (χ0v) is 16.3. The Hall–Kier alpha value is -3.32. The average molecular weight is 396 g/mol. The van der Waals surface area contributed by atoms with Crippen LogP contribution in [0.4, 0.5) is 11.4 Å². The Morgan fingerprint density at radius 1 is 0.929 bits per heavy atom. The van der Waals surface area contributed by atoms with Gasteiger partial charge in [0.05, 0.1) is 17.7 Å². The highest BCUT2D eigenvalue weighted by Gasteiger charge is 2.20. The highest BCUT2D eigenvalue weighted by atomic mass is 32.2. The first-order chi connectivity index (χ1) is 13.4. The number of hydrogen-bond acceptors (Lipinski definition) is 4. The van der Waals surface area contributed by atoms with E-state index in [-0.39, 0.29) is 16.4 Å². The Bertz CT molecular complexity index is 1080. The molecule has 7 heteroatoms. The molecule has 1 N–H and O–H groups in total. The van der Waals surface area contributed by atoms with Gasteiger partial charge in [0, 0.05) is 18.3 Å². The molecule has 3 rings (SSSR count). The van der Waals surface area contributed by atoms with Crippen molar-refractivity contribution in [2.24, 2.45) is 0 Å². The van der Waals surface area contributed by atoms with E-state index < -0.39 is 10.0 Å². The van der Waals surface area contributed by atoms with Gasteiger partial charge in [-0.05, 0) is 42.5 Å². The smallest absolute Gasteiger partial charge is 0.262 e. The van der Waals surface area contributed by atoms with E-state index in [0.29, 0.717) is 17.1 Å². The van der Waals surface area contributed by atoms with Crippen LogP contribution in [-0.2, 0) is 10.0 Å². The molecule has 1 amide bonds. The minimum Gasteiger partial charge on any atom is -0.495 e. The molecule has 0 fully saturated rings. The lowest BCUT2D eigenvalue weighted by Crippen LogP contribution is -2.26. The van der Waals surface area contributed by atoms with E-state index in [4.69, 9.17) is 4.74 Å². The standard InChI is InChI=1S/C21H20N2O4S/c1-23(17-10-4-3-5-11-17)21(24)16-9-8-12-18(15-16)28(25,26)22-19-13-6-7-14-20(19)27-2/h3-15,22H,1-2H3. The minimum atomic E-state index is -3.89. The normalized spacial score (nSPS) is 10.9. The number of nitrogens with zero attached hydrogens (tertiary/aromatic N) is 1. The van der Waals surface area contributed by atoms with Crippen molar-refractivity contribution in [3.63, 3.8) is 0 Å². The maximum atomic E-state index is 12.8. The molecule has 0 atom stereocenters. The topological polar surface area (TPSA) is 75.7 Å². The zero-order chi connectivity index (χ0) is 20.1. The monoisotopic (exact) mass is 396 g/mol. The van der Waals surface area contributed by atoms with Crippen molar-refractivity contribution in [2.45, 2.75) is 4.90 Å². The summed E-state index contributed by atoms with van der Waals surface area (Å²) < 4.78 is 33.3. The number of ether oxygens (including phenoxy) is 1. The van der Waals surface area contributed by atoms with Gasteiger partial charge in [-0.3, -0.25) is 9.52 Å². The van der Waals surface area contributed by atoms with Gasteiger partial charge in [-0.1, -0.05) is 36.4 Å². The molecular weight excluding hydrogens is 376 g/mol. The molecule has 0 saturated carbocycles. The van der Waals surface area contributed by atoms with E-state index in [0.717, 1.165) is 0 Å². The van der Waals surface area contributed by atoms with Crippen molar-refractivity contribution >= 4 is 27.3 Å². The van der Waals surface area contributed by atoms with Crippen molar-refractivity contribution < 1.29 is 17.9 Å². The van der Waals surface area contributed by atoms with E-state index in [1.54, 1.807) is 43.4 Å². The third-order valence-corrected chi connectivity index (χ3v) is 5.55. The fourth-order valence-corrected chi connectivity index (χ4v) is 3.81. The van der Waals surface area contributed by atoms with Crippen LogP contribution < -0.4 is 14.4 Å². The summed E-state index contributed by atoms with van der Waals surface area (Å²) in [5, 5.41) is 0. The summed E-state index contributed by atoms with van der Waals surface area (Å²) in [5.74, 6) is 0.0997. The zero-order valence-electron chi connectivity index (χ0n) is 15.5. The van der Waals surface area contributed by atoms with Gasteiger partial charge >= 0.3 is 0 Å². The van der Waals surface area contributed by atoms with Gasteiger partial charge in [0.2, 0.25) is 0 Å². The Labute approximate surface area is 164 Å². The molecule has 0 aliphatic carbocycles. The number of carbonyl (C=O) groups is 1. The number of anilines is 2. The van der Waals surface area contributed by atoms with Gasteiger partial charge in [-0.2, -0.15) is 0 Å². The quantitative estimate of drug-likeness (QED) is 0.688. The van der Waals surface area contributed by atoms with Crippen LogP contribution >= 0.6 is 0 Å². The minimum absolute atomic E-state index is 0.00859. The van der Waals surface area contributed by atoms with Gasteiger partial charge in [0.15, 0.2) is 0 Å². The molecule has 3 aromatic carbocycles. The number of sulfonamides is 1. The van der Waals surface area contributed by atoms with Crippen molar-refractivity contribution in [1.29, 1.82) is 0 Å². The average Bonchev–Trinajstić information content (AvgIpc) is 2.73. The summed E-state index contributed by atoms with van der Waals surface area (Å²) in [5.41, 5.74) is 1.31. The molecule has 3 aromatic rings. The van der Waals surface area contributed by atoms with E-state index in [1.165, 1.54) is 24.1 Å². The molecule has 28 heavy (non-hydrogen) atoms. The van der Waals surface area contributed by atoms with Gasteiger partial charge in [-0.15, -0.1) is 0 Å². The molecule has 0 aromatic heterocycles. The predicted octanol–water partition coefficient (Wildman–Crippen LogP) is 3.77. The third kappa shape index (κ3) is 4.15. The molecule has 0 bridgehead atoms. The summed E-state index contributed by atoms with van der Waals surface area (Å²) >= 11 is 0. The fourth-order valence-electron chi connectivity index (χ4n) is 2.69. The molecule has 144 valence electrons. The van der Waals surface area contributed by atoms with Crippen LogP contribution in [-0.4, -0.2) is 28.5 Å². The van der Waals surface area contributed by atoms with Gasteiger partial charge in [0.1, 0.15) is 5.75 Å². The second-order valence-electron chi connectivity index (χ2n) is 6.03. The largest absolute Gasteiger partial charge is 0.495 e. The summed E-state index contributed by atoms with van der Waals surface area (Å²) in [7, 11) is -0.784. The molecule has 0 saturated heterocycles. The first-order valence-electron chi connectivity index (χ1n) is 8.51. The van der Waals surface area contributed by atoms with Gasteiger partial charge in [-0.25, -0.2) is 8.42 Å². The predicted molar refractivity (Wildman–Crippen MR) is 109 cm³/mol. The van der Waals surface area contributed by atoms with Crippen molar-refractivity contribution in [3.05, 3.63) is 84.4 Å². The van der Waals surface area contributed by atoms with E-state index in [9.17, 15) is 13.2 Å². The molecule has 6 nitrogen and oxygen atoms in total. The molecule has 0 radical (unpaired) electrons. The number of benzene rings is 3. The van der Waals surface area contributed by atoms with Crippen molar-refractivity contribution in [3.8, 4) is 5.75 Å². The van der Waals surface area contributed by atoms with Crippen LogP contribution in [0.15, 0.2) is 83.8 Å². The first kappa shape index (κ1) is 19.4. The summed E-state index contributed by atoms with van der Waals surface area (Å²) in [6.45, 7) is 0. The number of amides is 1. The van der Waals surface area contributed by atoms with Crippen LogP contribution in [0.1, 0.15) is 10.4 Å². The van der Waals surface area contributed by atoms with E-state index in [1.807, 2.05) is 30.3 Å². The Morgan fingerprint density at radius 3 is 2.32 bits per heavy atom. The van der Waals surface area contributed by atoms with Gasteiger partial charge < -0.3 is 9.64 Å². The maximum absolute atomic E-state index is 12.8. The SMILES string of the molecule is COc1ccccc1NS(=O)(=O)c1cccc(C(=O)N(C)c2ccccc2)c1. The molecule has 0 aliphatic rings. The summed E-state index contributed by atoms with van der Waals surface area (Å²) in [6.07, 6.45) is 0. The Balaban J connectivity index is 1.89. The molecular formula is C21H20N2O4S. The first-order valence-corrected chi connectivity index (χ1v) is 10.00. The third-order valence-electron chi connectivity index (χ3n) is 4.19. The lowest BCUT2D eigenvalue weighted by Gasteiger charge is -2.18. The summed E-state index contributed by atoms with van der Waals surface area (Å²) in [4.78, 5) is 14.2. The van der Waals surface area contributed by atoms with Crippen LogP contribution in [0.3, 0.4) is 0 Å². The number of carbonyl (C=O) groups excluding carboxylic acids is 1. The molecule has 0 aliphatic heterocycles. The van der Waals surface area contributed by atoms with E-state index in [2.05, 4.69) is 4.72 Å². The molecule has 0 unspecified atom stereocenters. The van der Waals surface area contributed by atoms with Crippen molar-refractivity contribution in [1.82, 2.24) is 0 Å².